The van der Waals surface area contributed by atoms with Gasteiger partial charge in [-0.05, 0) is 23.7 Å². The number of rotatable bonds is 4. The monoisotopic (exact) mass is 417 g/mol. The van der Waals surface area contributed by atoms with Crippen molar-refractivity contribution >= 4 is 45.1 Å². The number of aromatic nitrogens is 4. The molecule has 0 radical (unpaired) electrons. The highest BCUT2D eigenvalue weighted by Crippen LogP contribution is 2.23. The minimum Gasteiger partial charge on any atom is -0.338 e. The van der Waals surface area contributed by atoms with Gasteiger partial charge < -0.3 is 4.52 Å². The quantitative estimate of drug-likeness (QED) is 0.524. The van der Waals surface area contributed by atoms with E-state index in [0.717, 1.165) is 21.7 Å². The Kier molecular flexibility index (Phi) is 4.57. The van der Waals surface area contributed by atoms with E-state index in [2.05, 4.69) is 19.8 Å². The normalized spacial score (nSPS) is 11.1. The summed E-state index contributed by atoms with van der Waals surface area (Å²) in [6.07, 6.45) is -0.155. The van der Waals surface area contributed by atoms with E-state index in [1.165, 1.54) is 7.05 Å². The van der Waals surface area contributed by atoms with E-state index in [-0.39, 0.29) is 23.4 Å². The average Bonchev–Trinajstić information content (AvgIpc) is 3.28. The number of nitrogens with zero attached hydrogens (tertiary/aromatic N) is 3. The van der Waals surface area contributed by atoms with Crippen molar-refractivity contribution in [2.45, 2.75) is 6.42 Å². The molecule has 1 amide bonds. The summed E-state index contributed by atoms with van der Waals surface area (Å²) in [4.78, 5) is 39.2. The molecular formula is C17H12ClN5O4S. The molecule has 3 heterocycles. The summed E-state index contributed by atoms with van der Waals surface area (Å²) in [5, 5.41) is 7.32. The van der Waals surface area contributed by atoms with Crippen LogP contribution in [0.1, 0.15) is 5.69 Å². The van der Waals surface area contributed by atoms with E-state index in [1.807, 2.05) is 0 Å². The van der Waals surface area contributed by atoms with Gasteiger partial charge >= 0.3 is 5.69 Å². The summed E-state index contributed by atoms with van der Waals surface area (Å²) in [5.41, 5.74) is 0.574. The van der Waals surface area contributed by atoms with Crippen molar-refractivity contribution in [2.75, 3.05) is 5.32 Å². The molecule has 11 heteroatoms. The van der Waals surface area contributed by atoms with Crippen LogP contribution in [-0.4, -0.2) is 25.0 Å². The Morgan fingerprint density at radius 2 is 2.07 bits per heavy atom. The Bertz CT molecular complexity index is 1300. The van der Waals surface area contributed by atoms with Crippen molar-refractivity contribution in [3.05, 3.63) is 61.9 Å². The van der Waals surface area contributed by atoms with Crippen LogP contribution in [0.25, 0.3) is 21.5 Å². The first-order valence-electron chi connectivity index (χ1n) is 8.02. The van der Waals surface area contributed by atoms with Crippen molar-refractivity contribution in [3.63, 3.8) is 0 Å². The number of aromatic amines is 1. The third-order valence-electron chi connectivity index (χ3n) is 4.05. The molecule has 0 aliphatic heterocycles. The molecule has 0 fully saturated rings. The second-order valence-corrected chi connectivity index (χ2v) is 7.15. The first kappa shape index (κ1) is 18.1. The van der Waals surface area contributed by atoms with Crippen LogP contribution in [0.4, 0.5) is 5.88 Å². The lowest BCUT2D eigenvalue weighted by molar-refractivity contribution is -0.115. The Labute approximate surface area is 165 Å². The minimum atomic E-state index is -0.534. The number of halogens is 1. The Morgan fingerprint density at radius 3 is 2.82 bits per heavy atom. The van der Waals surface area contributed by atoms with Gasteiger partial charge in [0, 0.05) is 23.7 Å². The maximum Gasteiger partial charge on any atom is 0.329 e. The van der Waals surface area contributed by atoms with Crippen LogP contribution in [0.3, 0.4) is 0 Å². The van der Waals surface area contributed by atoms with E-state index in [9.17, 15) is 14.4 Å². The number of H-pyrrole nitrogens is 1. The second kappa shape index (κ2) is 7.06. The number of hydrogen-bond acceptors (Lipinski definition) is 7. The molecule has 2 N–H and O–H groups in total. The SMILES string of the molecule is Cn1c(=O)[nH]c2snc(CC(=O)Nc3cc(-c4ccc(Cl)cc4)no3)c2c1=O. The molecule has 1 aromatic carbocycles. The topological polar surface area (TPSA) is 123 Å². The van der Waals surface area contributed by atoms with Gasteiger partial charge in [-0.2, -0.15) is 4.37 Å². The highest BCUT2D eigenvalue weighted by atomic mass is 35.5. The molecule has 0 spiro atoms. The lowest BCUT2D eigenvalue weighted by Crippen LogP contribution is -2.32. The van der Waals surface area contributed by atoms with Gasteiger partial charge in [0.25, 0.3) is 5.56 Å². The number of fused-ring (bicyclic) bond motifs is 1. The Hall–Kier alpha value is -3.24. The van der Waals surface area contributed by atoms with Crippen LogP contribution in [0, 0.1) is 0 Å². The number of nitrogens with one attached hydrogen (secondary N) is 2. The van der Waals surface area contributed by atoms with E-state index in [1.54, 1.807) is 30.3 Å². The van der Waals surface area contributed by atoms with Gasteiger partial charge in [-0.15, -0.1) is 0 Å². The van der Waals surface area contributed by atoms with Gasteiger partial charge in [0.1, 0.15) is 10.5 Å². The fraction of sp³-hybridized carbons (Fsp3) is 0.118. The number of hydrogen-bond donors (Lipinski definition) is 2. The Morgan fingerprint density at radius 1 is 1.32 bits per heavy atom. The maximum atomic E-state index is 12.3. The number of amides is 1. The van der Waals surface area contributed by atoms with Crippen LogP contribution in [0.15, 0.2) is 44.4 Å². The van der Waals surface area contributed by atoms with Gasteiger partial charge in [-0.1, -0.05) is 28.9 Å². The average molecular weight is 418 g/mol. The molecule has 142 valence electrons. The molecule has 0 saturated carbocycles. The van der Waals surface area contributed by atoms with Crippen LogP contribution in [0.2, 0.25) is 5.02 Å². The van der Waals surface area contributed by atoms with Crippen molar-refractivity contribution in [1.82, 2.24) is 19.1 Å². The van der Waals surface area contributed by atoms with Crippen LogP contribution >= 0.6 is 23.1 Å². The smallest absolute Gasteiger partial charge is 0.329 e. The van der Waals surface area contributed by atoms with Crippen LogP contribution in [-0.2, 0) is 18.3 Å². The van der Waals surface area contributed by atoms with Crippen molar-refractivity contribution in [1.29, 1.82) is 0 Å². The van der Waals surface area contributed by atoms with Crippen LogP contribution < -0.4 is 16.6 Å². The van der Waals surface area contributed by atoms with Gasteiger partial charge in [0.15, 0.2) is 0 Å². The van der Waals surface area contributed by atoms with Gasteiger partial charge in [0.05, 0.1) is 17.5 Å². The first-order chi connectivity index (χ1) is 13.4. The minimum absolute atomic E-state index is 0.155. The first-order valence-corrected chi connectivity index (χ1v) is 9.17. The fourth-order valence-corrected chi connectivity index (χ4v) is 3.53. The lowest BCUT2D eigenvalue weighted by atomic mass is 10.1. The summed E-state index contributed by atoms with van der Waals surface area (Å²) >= 11 is 6.82. The molecule has 0 unspecified atom stereocenters. The third kappa shape index (κ3) is 3.35. The number of anilines is 1. The highest BCUT2D eigenvalue weighted by molar-refractivity contribution is 7.12. The summed E-state index contributed by atoms with van der Waals surface area (Å²) in [5.74, 6) is -0.268. The molecule has 4 rings (SSSR count). The molecule has 4 aromatic rings. The van der Waals surface area contributed by atoms with Crippen molar-refractivity contribution in [3.8, 4) is 11.3 Å². The summed E-state index contributed by atoms with van der Waals surface area (Å²) in [7, 11) is 1.36. The summed E-state index contributed by atoms with van der Waals surface area (Å²) in [6, 6.07) is 8.59. The van der Waals surface area contributed by atoms with Gasteiger partial charge in [0.2, 0.25) is 11.8 Å². The highest BCUT2D eigenvalue weighted by Gasteiger charge is 2.17. The van der Waals surface area contributed by atoms with E-state index in [0.29, 0.717) is 15.5 Å². The number of benzene rings is 1. The molecule has 3 aromatic heterocycles. The molecule has 28 heavy (non-hydrogen) atoms. The Balaban J connectivity index is 1.53. The summed E-state index contributed by atoms with van der Waals surface area (Å²) < 4.78 is 10.2. The molecule has 0 saturated heterocycles. The molecule has 0 atom stereocenters. The zero-order chi connectivity index (χ0) is 19.8. The standard InChI is InChI=1S/C17H12ClN5O4S/c1-23-16(25)14-11(22-28-15(14)20-17(23)26)6-12(24)19-13-7-10(21-27-13)8-2-4-9(18)5-3-8/h2-5,7H,6H2,1H3,(H,19,24)(H,20,26). The summed E-state index contributed by atoms with van der Waals surface area (Å²) in [6.45, 7) is 0. The van der Waals surface area contributed by atoms with Gasteiger partial charge in [-0.25, -0.2) is 4.79 Å². The zero-order valence-electron chi connectivity index (χ0n) is 14.4. The van der Waals surface area contributed by atoms with Gasteiger partial charge in [-0.3, -0.25) is 24.5 Å². The number of carbonyl (C=O) groups excluding carboxylic acids is 1. The van der Waals surface area contributed by atoms with Crippen molar-refractivity contribution < 1.29 is 9.32 Å². The van der Waals surface area contributed by atoms with Crippen molar-refractivity contribution in [2.24, 2.45) is 7.05 Å². The third-order valence-corrected chi connectivity index (χ3v) is 5.10. The van der Waals surface area contributed by atoms with Crippen LogP contribution in [0.5, 0.6) is 0 Å². The lowest BCUT2D eigenvalue weighted by Gasteiger charge is -2.00. The predicted octanol–water partition coefficient (Wildman–Crippen LogP) is 2.17. The number of carbonyl (C=O) groups is 1. The van der Waals surface area contributed by atoms with E-state index < -0.39 is 17.2 Å². The molecule has 9 nitrogen and oxygen atoms in total. The predicted molar refractivity (Wildman–Crippen MR) is 105 cm³/mol. The molecule has 0 bridgehead atoms. The zero-order valence-corrected chi connectivity index (χ0v) is 15.9. The maximum absolute atomic E-state index is 12.3. The second-order valence-electron chi connectivity index (χ2n) is 5.94. The molecule has 0 aliphatic rings. The molecular weight excluding hydrogens is 406 g/mol. The van der Waals surface area contributed by atoms with E-state index >= 15 is 0 Å². The largest absolute Gasteiger partial charge is 0.338 e. The molecule has 0 aliphatic carbocycles. The van der Waals surface area contributed by atoms with E-state index in [4.69, 9.17) is 16.1 Å². The fourth-order valence-electron chi connectivity index (χ4n) is 2.62.